The van der Waals surface area contributed by atoms with Crippen molar-refractivity contribution in [1.29, 1.82) is 0 Å². The van der Waals surface area contributed by atoms with Crippen molar-refractivity contribution in [2.24, 2.45) is 11.7 Å². The molecule has 0 bridgehead atoms. The first-order chi connectivity index (χ1) is 4.34. The molecule has 1 aliphatic rings. The van der Waals surface area contributed by atoms with Crippen molar-refractivity contribution in [2.75, 3.05) is 6.54 Å². The van der Waals surface area contributed by atoms with Gasteiger partial charge in [-0.05, 0) is 38.6 Å². The van der Waals surface area contributed by atoms with Crippen LogP contribution in [0.25, 0.3) is 0 Å². The van der Waals surface area contributed by atoms with Gasteiger partial charge in [0.1, 0.15) is 0 Å². The van der Waals surface area contributed by atoms with Crippen molar-refractivity contribution in [2.45, 2.75) is 26.2 Å². The summed E-state index contributed by atoms with van der Waals surface area (Å²) in [5, 5.41) is 0. The summed E-state index contributed by atoms with van der Waals surface area (Å²) in [7, 11) is 0. The largest absolute Gasteiger partial charge is 0.330 e. The molecule has 1 saturated carbocycles. The van der Waals surface area contributed by atoms with Gasteiger partial charge in [0, 0.05) is 0 Å². The standard InChI is InChI=1S/C8H15N/c1-7(3-2-6-9)8-4-5-8/h3,8H,2,4-6,9H2,1H3/b7-3+. The zero-order valence-corrected chi connectivity index (χ0v) is 6.06. The second-order valence-corrected chi connectivity index (χ2v) is 2.80. The minimum atomic E-state index is 0.796. The van der Waals surface area contributed by atoms with Gasteiger partial charge in [0.05, 0.1) is 0 Å². The third-order valence-corrected chi connectivity index (χ3v) is 1.85. The molecule has 1 rings (SSSR count). The van der Waals surface area contributed by atoms with E-state index in [-0.39, 0.29) is 0 Å². The lowest BCUT2D eigenvalue weighted by molar-refractivity contribution is 0.941. The summed E-state index contributed by atoms with van der Waals surface area (Å²) < 4.78 is 0. The molecule has 0 heterocycles. The van der Waals surface area contributed by atoms with Crippen molar-refractivity contribution >= 4 is 0 Å². The molecule has 0 spiro atoms. The Morgan fingerprint density at radius 1 is 1.67 bits per heavy atom. The van der Waals surface area contributed by atoms with Gasteiger partial charge in [-0.3, -0.25) is 0 Å². The molecule has 0 amide bonds. The van der Waals surface area contributed by atoms with Crippen LogP contribution >= 0.6 is 0 Å². The first kappa shape index (κ1) is 6.81. The monoisotopic (exact) mass is 125 g/mol. The molecule has 0 aromatic rings. The van der Waals surface area contributed by atoms with Crippen molar-refractivity contribution < 1.29 is 0 Å². The second-order valence-electron chi connectivity index (χ2n) is 2.80. The third-order valence-electron chi connectivity index (χ3n) is 1.85. The van der Waals surface area contributed by atoms with Gasteiger partial charge >= 0.3 is 0 Å². The summed E-state index contributed by atoms with van der Waals surface area (Å²) in [5.74, 6) is 0.927. The highest BCUT2D eigenvalue weighted by atomic mass is 14.5. The van der Waals surface area contributed by atoms with Crippen molar-refractivity contribution in [1.82, 2.24) is 0 Å². The Morgan fingerprint density at radius 2 is 2.33 bits per heavy atom. The average Bonchev–Trinajstić information content (AvgIpc) is 2.63. The molecule has 52 valence electrons. The van der Waals surface area contributed by atoms with E-state index in [2.05, 4.69) is 13.0 Å². The van der Waals surface area contributed by atoms with Crippen LogP contribution in [0.2, 0.25) is 0 Å². The summed E-state index contributed by atoms with van der Waals surface area (Å²) in [6.45, 7) is 3.01. The highest BCUT2D eigenvalue weighted by Crippen LogP contribution is 2.35. The molecule has 1 fully saturated rings. The molecule has 9 heavy (non-hydrogen) atoms. The highest BCUT2D eigenvalue weighted by molar-refractivity contribution is 5.09. The number of hydrogen-bond acceptors (Lipinski definition) is 1. The molecule has 1 heteroatoms. The molecule has 0 aliphatic heterocycles. The lowest BCUT2D eigenvalue weighted by Crippen LogP contribution is -1.96. The third kappa shape index (κ3) is 2.19. The SMILES string of the molecule is C/C(=C\CCN)C1CC1. The quantitative estimate of drug-likeness (QED) is 0.571. The van der Waals surface area contributed by atoms with Crippen molar-refractivity contribution in [3.05, 3.63) is 11.6 Å². The van der Waals surface area contributed by atoms with Crippen molar-refractivity contribution in [3.63, 3.8) is 0 Å². The topological polar surface area (TPSA) is 26.0 Å². The summed E-state index contributed by atoms with van der Waals surface area (Å²) in [4.78, 5) is 0. The number of nitrogens with two attached hydrogens (primary N) is 1. The zero-order valence-electron chi connectivity index (χ0n) is 6.06. The number of allylic oxidation sites excluding steroid dienone is 1. The van der Waals surface area contributed by atoms with E-state index in [9.17, 15) is 0 Å². The first-order valence-electron chi connectivity index (χ1n) is 3.71. The molecular weight excluding hydrogens is 110 g/mol. The van der Waals surface area contributed by atoms with Gasteiger partial charge in [-0.1, -0.05) is 11.6 Å². The van der Waals surface area contributed by atoms with Crippen LogP contribution in [0.3, 0.4) is 0 Å². The van der Waals surface area contributed by atoms with Crippen LogP contribution in [0.1, 0.15) is 26.2 Å². The Kier molecular flexibility index (Phi) is 2.29. The van der Waals surface area contributed by atoms with Gasteiger partial charge in [0.2, 0.25) is 0 Å². The molecular formula is C8H15N. The van der Waals surface area contributed by atoms with E-state index in [4.69, 9.17) is 5.73 Å². The van der Waals surface area contributed by atoms with Crippen LogP contribution in [0, 0.1) is 5.92 Å². The summed E-state index contributed by atoms with van der Waals surface area (Å²) in [6, 6.07) is 0. The molecule has 2 N–H and O–H groups in total. The van der Waals surface area contributed by atoms with Crippen LogP contribution in [0.5, 0.6) is 0 Å². The Labute approximate surface area is 56.9 Å². The maximum atomic E-state index is 5.35. The Morgan fingerprint density at radius 3 is 2.78 bits per heavy atom. The van der Waals surface area contributed by atoms with Gasteiger partial charge in [0.15, 0.2) is 0 Å². The molecule has 0 saturated heterocycles. The van der Waals surface area contributed by atoms with E-state index in [1.165, 1.54) is 12.8 Å². The van der Waals surface area contributed by atoms with E-state index in [1.807, 2.05) is 0 Å². The van der Waals surface area contributed by atoms with Gasteiger partial charge in [-0.15, -0.1) is 0 Å². The van der Waals surface area contributed by atoms with Gasteiger partial charge in [0.25, 0.3) is 0 Å². The minimum Gasteiger partial charge on any atom is -0.330 e. The Balaban J connectivity index is 2.20. The van der Waals surface area contributed by atoms with E-state index >= 15 is 0 Å². The van der Waals surface area contributed by atoms with E-state index in [0.29, 0.717) is 0 Å². The molecule has 0 aromatic heterocycles. The smallest absolute Gasteiger partial charge is 0.00425 e. The lowest BCUT2D eigenvalue weighted by Gasteiger charge is -1.93. The fourth-order valence-electron chi connectivity index (χ4n) is 1.02. The van der Waals surface area contributed by atoms with Crippen LogP contribution in [0.15, 0.2) is 11.6 Å². The molecule has 0 aromatic carbocycles. The lowest BCUT2D eigenvalue weighted by atomic mass is 10.1. The summed E-state index contributed by atoms with van der Waals surface area (Å²) in [6.07, 6.45) is 6.15. The van der Waals surface area contributed by atoms with Crippen LogP contribution in [-0.4, -0.2) is 6.54 Å². The Hall–Kier alpha value is -0.300. The van der Waals surface area contributed by atoms with E-state index in [0.717, 1.165) is 18.9 Å². The normalized spacial score (nSPS) is 20.4. The molecule has 1 aliphatic carbocycles. The predicted molar refractivity (Wildman–Crippen MR) is 40.2 cm³/mol. The molecule has 0 unspecified atom stereocenters. The summed E-state index contributed by atoms with van der Waals surface area (Å²) >= 11 is 0. The molecule has 1 nitrogen and oxygen atoms in total. The van der Waals surface area contributed by atoms with Crippen LogP contribution < -0.4 is 5.73 Å². The maximum absolute atomic E-state index is 5.35. The van der Waals surface area contributed by atoms with Crippen molar-refractivity contribution in [3.8, 4) is 0 Å². The fourth-order valence-corrected chi connectivity index (χ4v) is 1.02. The van der Waals surface area contributed by atoms with Crippen LogP contribution in [0.4, 0.5) is 0 Å². The number of hydrogen-bond donors (Lipinski definition) is 1. The van der Waals surface area contributed by atoms with Crippen LogP contribution in [-0.2, 0) is 0 Å². The molecule has 0 atom stereocenters. The van der Waals surface area contributed by atoms with E-state index < -0.39 is 0 Å². The first-order valence-corrected chi connectivity index (χ1v) is 3.71. The van der Waals surface area contributed by atoms with Gasteiger partial charge < -0.3 is 5.73 Å². The Bertz CT molecular complexity index is 112. The predicted octanol–water partition coefficient (Wildman–Crippen LogP) is 1.69. The maximum Gasteiger partial charge on any atom is -0.00425 e. The average molecular weight is 125 g/mol. The molecule has 0 radical (unpaired) electrons. The minimum absolute atomic E-state index is 0.796. The van der Waals surface area contributed by atoms with Gasteiger partial charge in [-0.2, -0.15) is 0 Å². The van der Waals surface area contributed by atoms with E-state index in [1.54, 1.807) is 5.57 Å². The number of rotatable bonds is 3. The fraction of sp³-hybridized carbons (Fsp3) is 0.750. The zero-order chi connectivity index (χ0) is 6.69. The second kappa shape index (κ2) is 3.02. The van der Waals surface area contributed by atoms with Gasteiger partial charge in [-0.25, -0.2) is 0 Å². The summed E-state index contributed by atoms with van der Waals surface area (Å²) in [5.41, 5.74) is 6.91. The highest BCUT2D eigenvalue weighted by Gasteiger charge is 2.22.